The summed E-state index contributed by atoms with van der Waals surface area (Å²) < 4.78 is 13.4. The van der Waals surface area contributed by atoms with Crippen LogP contribution in [0.1, 0.15) is 17.7 Å². The fraction of sp³-hybridized carbons (Fsp3) is 0.389. The van der Waals surface area contributed by atoms with Crippen molar-refractivity contribution in [3.63, 3.8) is 0 Å². The maximum Gasteiger partial charge on any atom is 0.128 e. The van der Waals surface area contributed by atoms with Gasteiger partial charge in [0.2, 0.25) is 0 Å². The Morgan fingerprint density at radius 1 is 1.30 bits per heavy atom. The third kappa shape index (κ3) is 3.86. The van der Waals surface area contributed by atoms with Crippen molar-refractivity contribution < 1.29 is 9.50 Å². The summed E-state index contributed by atoms with van der Waals surface area (Å²) in [5.41, 5.74) is 10.8. The van der Waals surface area contributed by atoms with Crippen molar-refractivity contribution in [2.75, 3.05) is 18.8 Å². The molecular formula is C18H22FN3O. The maximum atomic E-state index is 13.4. The number of nitrogen functional groups attached to an aromatic ring is 1. The van der Waals surface area contributed by atoms with Crippen LogP contribution in [-0.4, -0.2) is 40.4 Å². The van der Waals surface area contributed by atoms with Crippen molar-refractivity contribution in [3.8, 4) is 11.1 Å². The lowest BCUT2D eigenvalue weighted by Crippen LogP contribution is -2.44. The summed E-state index contributed by atoms with van der Waals surface area (Å²) in [6, 6.07) is 9.94. The maximum absolute atomic E-state index is 13.4. The third-order valence-electron chi connectivity index (χ3n) is 4.25. The number of likely N-dealkylation sites (tertiary alicyclic amines) is 1. The quantitative estimate of drug-likeness (QED) is 0.855. The molecule has 122 valence electrons. The highest BCUT2D eigenvalue weighted by Crippen LogP contribution is 2.25. The molecule has 0 bridgehead atoms. The fourth-order valence-electron chi connectivity index (χ4n) is 2.99. The molecule has 2 heterocycles. The number of hydrogen-bond acceptors (Lipinski definition) is 4. The molecule has 1 aliphatic rings. The molecule has 1 aromatic carbocycles. The minimum absolute atomic E-state index is 0.359. The van der Waals surface area contributed by atoms with Crippen LogP contribution in [0.25, 0.3) is 11.1 Å². The number of aryl methyl sites for hydroxylation is 1. The Morgan fingerprint density at radius 3 is 2.83 bits per heavy atom. The lowest BCUT2D eigenvalue weighted by atomic mass is 10.0. The second-order valence-corrected chi connectivity index (χ2v) is 6.26. The van der Waals surface area contributed by atoms with Gasteiger partial charge in [0.25, 0.3) is 0 Å². The van der Waals surface area contributed by atoms with E-state index in [-0.39, 0.29) is 0 Å². The van der Waals surface area contributed by atoms with Crippen LogP contribution in [0.5, 0.6) is 0 Å². The Morgan fingerprint density at radius 2 is 2.13 bits per heavy atom. The van der Waals surface area contributed by atoms with Gasteiger partial charge in [-0.05, 0) is 48.7 Å². The number of nitrogens with two attached hydrogens (primary N) is 1. The van der Waals surface area contributed by atoms with Crippen LogP contribution in [0.15, 0.2) is 36.5 Å². The smallest absolute Gasteiger partial charge is 0.128 e. The molecule has 2 atom stereocenters. The molecule has 0 aliphatic carbocycles. The molecule has 4 nitrogen and oxygen atoms in total. The van der Waals surface area contributed by atoms with Gasteiger partial charge in [0.1, 0.15) is 6.17 Å². The van der Waals surface area contributed by atoms with E-state index in [9.17, 15) is 9.50 Å². The molecule has 0 spiro atoms. The number of β-amino-alcohol motifs (C(OH)–C–C–N with tert-alkyl or cyclic N) is 1. The topological polar surface area (TPSA) is 62.4 Å². The summed E-state index contributed by atoms with van der Waals surface area (Å²) in [5.74, 6) is 0. The first kappa shape index (κ1) is 15.9. The summed E-state index contributed by atoms with van der Waals surface area (Å²) in [4.78, 5) is 6.39. The number of rotatable bonds is 3. The summed E-state index contributed by atoms with van der Waals surface area (Å²) in [6.45, 7) is 3.61. The molecule has 23 heavy (non-hydrogen) atoms. The molecule has 1 fully saturated rings. The summed E-state index contributed by atoms with van der Waals surface area (Å²) in [7, 11) is 0. The van der Waals surface area contributed by atoms with Crippen LogP contribution < -0.4 is 5.73 Å². The number of aliphatic hydroxyl groups is 1. The van der Waals surface area contributed by atoms with E-state index in [1.165, 1.54) is 0 Å². The Bertz CT molecular complexity index is 674. The third-order valence-corrected chi connectivity index (χ3v) is 4.25. The zero-order valence-electron chi connectivity index (χ0n) is 13.2. The van der Waals surface area contributed by atoms with Crippen LogP contribution in [0.4, 0.5) is 10.1 Å². The molecule has 5 heteroatoms. The molecule has 1 aromatic heterocycles. The van der Waals surface area contributed by atoms with E-state index in [0.717, 1.165) is 22.4 Å². The van der Waals surface area contributed by atoms with Crippen LogP contribution in [-0.2, 0) is 6.54 Å². The number of nitrogens with zero attached hydrogens (tertiary/aromatic N) is 2. The number of aliphatic hydroxyl groups excluding tert-OH is 1. The Labute approximate surface area is 135 Å². The van der Waals surface area contributed by atoms with E-state index in [1.807, 2.05) is 37.4 Å². The highest BCUT2D eigenvalue weighted by atomic mass is 19.1. The van der Waals surface area contributed by atoms with Crippen molar-refractivity contribution in [2.45, 2.75) is 32.2 Å². The van der Waals surface area contributed by atoms with Gasteiger partial charge in [-0.15, -0.1) is 0 Å². The summed E-state index contributed by atoms with van der Waals surface area (Å²) in [5, 5.41) is 9.69. The van der Waals surface area contributed by atoms with Crippen molar-refractivity contribution in [1.29, 1.82) is 0 Å². The molecular weight excluding hydrogens is 293 g/mol. The Balaban J connectivity index is 1.79. The number of benzene rings is 1. The Kier molecular flexibility index (Phi) is 4.59. The Hall–Kier alpha value is -1.98. The fourth-order valence-corrected chi connectivity index (χ4v) is 2.99. The van der Waals surface area contributed by atoms with Gasteiger partial charge in [0, 0.05) is 42.8 Å². The van der Waals surface area contributed by atoms with Gasteiger partial charge in [0.15, 0.2) is 0 Å². The number of halogens is 1. The standard InChI is InChI=1S/C18H22FN3O/c1-12-2-3-14(9-21-12)15-6-13(7-16(20)8-15)10-22-5-4-17(19)18(23)11-22/h2-3,6-9,17-18,23H,4-5,10-11,20H2,1H3/t17-,18-/m1/s1. The molecule has 0 unspecified atom stereocenters. The SMILES string of the molecule is Cc1ccc(-c2cc(N)cc(CN3CC[C@@H](F)[C@H](O)C3)c2)cn1. The number of pyridine rings is 1. The van der Waals surface area contributed by atoms with Gasteiger partial charge in [-0.1, -0.05) is 6.07 Å². The second kappa shape index (κ2) is 6.64. The number of hydrogen-bond donors (Lipinski definition) is 2. The van der Waals surface area contributed by atoms with Gasteiger partial charge in [0.05, 0.1) is 6.10 Å². The summed E-state index contributed by atoms with van der Waals surface area (Å²) >= 11 is 0. The van der Waals surface area contributed by atoms with Crippen LogP contribution in [0.3, 0.4) is 0 Å². The van der Waals surface area contributed by atoms with Crippen LogP contribution >= 0.6 is 0 Å². The molecule has 1 saturated heterocycles. The predicted molar refractivity (Wildman–Crippen MR) is 89.6 cm³/mol. The highest BCUT2D eigenvalue weighted by Gasteiger charge is 2.27. The number of alkyl halides is 1. The van der Waals surface area contributed by atoms with E-state index in [2.05, 4.69) is 16.0 Å². The minimum atomic E-state index is -1.11. The molecule has 2 aromatic rings. The average molecular weight is 315 g/mol. The first-order valence-electron chi connectivity index (χ1n) is 7.88. The highest BCUT2D eigenvalue weighted by molar-refractivity contribution is 5.67. The second-order valence-electron chi connectivity index (χ2n) is 6.26. The average Bonchev–Trinajstić information content (AvgIpc) is 2.51. The number of anilines is 1. The molecule has 3 N–H and O–H groups in total. The van der Waals surface area contributed by atoms with E-state index >= 15 is 0 Å². The van der Waals surface area contributed by atoms with Gasteiger partial charge in [-0.2, -0.15) is 0 Å². The molecule has 3 rings (SSSR count). The van der Waals surface area contributed by atoms with E-state index in [4.69, 9.17) is 5.73 Å². The number of piperidine rings is 1. The first-order chi connectivity index (χ1) is 11.0. The monoisotopic (exact) mass is 315 g/mol. The van der Waals surface area contributed by atoms with Gasteiger partial charge in [-0.3, -0.25) is 9.88 Å². The lowest BCUT2D eigenvalue weighted by molar-refractivity contribution is 0.000912. The lowest BCUT2D eigenvalue weighted by Gasteiger charge is -2.32. The van der Waals surface area contributed by atoms with Crippen molar-refractivity contribution in [2.24, 2.45) is 0 Å². The zero-order chi connectivity index (χ0) is 16.4. The predicted octanol–water partition coefficient (Wildman–Crippen LogP) is 2.54. The zero-order valence-corrected chi connectivity index (χ0v) is 13.2. The van der Waals surface area contributed by atoms with E-state index in [0.29, 0.717) is 31.7 Å². The van der Waals surface area contributed by atoms with Crippen molar-refractivity contribution in [3.05, 3.63) is 47.8 Å². The normalized spacial score (nSPS) is 22.2. The van der Waals surface area contributed by atoms with Crippen LogP contribution in [0.2, 0.25) is 0 Å². The van der Waals surface area contributed by atoms with Crippen LogP contribution in [0, 0.1) is 6.92 Å². The van der Waals surface area contributed by atoms with Gasteiger partial charge < -0.3 is 10.8 Å². The molecule has 0 amide bonds. The summed E-state index contributed by atoms with van der Waals surface area (Å²) in [6.07, 6.45) is 0.205. The van der Waals surface area contributed by atoms with Gasteiger partial charge >= 0.3 is 0 Å². The van der Waals surface area contributed by atoms with E-state index in [1.54, 1.807) is 0 Å². The number of aromatic nitrogens is 1. The van der Waals surface area contributed by atoms with Gasteiger partial charge in [-0.25, -0.2) is 4.39 Å². The van der Waals surface area contributed by atoms with Crippen molar-refractivity contribution >= 4 is 5.69 Å². The minimum Gasteiger partial charge on any atom is -0.399 e. The molecule has 0 saturated carbocycles. The first-order valence-corrected chi connectivity index (χ1v) is 7.88. The van der Waals surface area contributed by atoms with Crippen molar-refractivity contribution in [1.82, 2.24) is 9.88 Å². The molecule has 1 aliphatic heterocycles. The molecule has 0 radical (unpaired) electrons. The van der Waals surface area contributed by atoms with E-state index < -0.39 is 12.3 Å². The largest absolute Gasteiger partial charge is 0.399 e.